The van der Waals surface area contributed by atoms with Crippen LogP contribution in [0.5, 0.6) is 0 Å². The summed E-state index contributed by atoms with van der Waals surface area (Å²) >= 11 is 5.70. The third kappa shape index (κ3) is 9.51. The summed E-state index contributed by atoms with van der Waals surface area (Å²) in [5.74, 6) is 0. The number of hydrogen-bond acceptors (Lipinski definition) is 0. The second kappa shape index (κ2) is 9.51. The standard InChI is InChI=1S/C8H11Cl.C2H6/c1-4-5-6-8(9)7(2)3;1-2/h4-6H,2H2,1,3H3;1-2H3/b5-4-,8-6+;. The highest BCUT2D eigenvalue weighted by atomic mass is 35.5. The molecule has 0 nitrogen and oxygen atoms in total. The van der Waals surface area contributed by atoms with Gasteiger partial charge in [-0.15, -0.1) is 0 Å². The maximum atomic E-state index is 5.70. The number of rotatable bonds is 2. The summed E-state index contributed by atoms with van der Waals surface area (Å²) in [7, 11) is 0. The van der Waals surface area contributed by atoms with E-state index in [1.807, 2.05) is 45.9 Å². The third-order valence-corrected chi connectivity index (χ3v) is 1.29. The maximum absolute atomic E-state index is 5.70. The van der Waals surface area contributed by atoms with Gasteiger partial charge in [0.2, 0.25) is 0 Å². The first-order valence-electron chi connectivity index (χ1n) is 3.83. The Morgan fingerprint density at radius 3 is 2.09 bits per heavy atom. The molecule has 0 saturated carbocycles. The van der Waals surface area contributed by atoms with E-state index in [9.17, 15) is 0 Å². The molecule has 1 heteroatoms. The minimum atomic E-state index is 0.716. The van der Waals surface area contributed by atoms with Crippen LogP contribution in [-0.2, 0) is 0 Å². The molecule has 0 unspecified atom stereocenters. The molecule has 0 amide bonds. The molecule has 0 aromatic rings. The van der Waals surface area contributed by atoms with Gasteiger partial charge in [0, 0.05) is 5.03 Å². The fraction of sp³-hybridized carbons (Fsp3) is 0.400. The fourth-order valence-electron chi connectivity index (χ4n) is 0.323. The van der Waals surface area contributed by atoms with E-state index in [2.05, 4.69) is 6.58 Å². The molecule has 0 aromatic carbocycles. The molecule has 64 valence electrons. The predicted molar refractivity (Wildman–Crippen MR) is 54.9 cm³/mol. The molecule has 0 heterocycles. The lowest BCUT2D eigenvalue weighted by molar-refractivity contribution is 1.50. The van der Waals surface area contributed by atoms with Crippen molar-refractivity contribution in [3.8, 4) is 0 Å². The molecule has 0 aliphatic carbocycles. The van der Waals surface area contributed by atoms with Crippen LogP contribution in [0.15, 0.2) is 35.4 Å². The molecule has 0 bridgehead atoms. The lowest BCUT2D eigenvalue weighted by Gasteiger charge is -1.90. The molecule has 0 fully saturated rings. The van der Waals surface area contributed by atoms with Crippen molar-refractivity contribution in [1.82, 2.24) is 0 Å². The molecule has 0 saturated heterocycles. The Balaban J connectivity index is 0. The zero-order valence-corrected chi connectivity index (χ0v) is 8.57. The van der Waals surface area contributed by atoms with E-state index in [1.165, 1.54) is 0 Å². The fourth-order valence-corrected chi connectivity index (χ4v) is 0.396. The largest absolute Gasteiger partial charge is 0.0946 e. The van der Waals surface area contributed by atoms with Crippen molar-refractivity contribution in [3.63, 3.8) is 0 Å². The van der Waals surface area contributed by atoms with Gasteiger partial charge in [-0.05, 0) is 25.5 Å². The first-order chi connectivity index (χ1) is 5.18. The van der Waals surface area contributed by atoms with Crippen LogP contribution in [0.4, 0.5) is 0 Å². The Morgan fingerprint density at radius 1 is 1.36 bits per heavy atom. The Hall–Kier alpha value is -0.490. The van der Waals surface area contributed by atoms with E-state index >= 15 is 0 Å². The van der Waals surface area contributed by atoms with E-state index in [0.29, 0.717) is 5.03 Å². The monoisotopic (exact) mass is 172 g/mol. The lowest BCUT2D eigenvalue weighted by Crippen LogP contribution is -1.68. The molecular weight excluding hydrogens is 156 g/mol. The van der Waals surface area contributed by atoms with Crippen molar-refractivity contribution in [3.05, 3.63) is 35.4 Å². The Bertz CT molecular complexity index is 152. The Kier molecular flexibility index (Phi) is 11.3. The van der Waals surface area contributed by atoms with E-state index in [1.54, 1.807) is 0 Å². The lowest BCUT2D eigenvalue weighted by atomic mass is 10.3. The third-order valence-electron chi connectivity index (χ3n) is 0.843. The van der Waals surface area contributed by atoms with Crippen LogP contribution in [0.25, 0.3) is 0 Å². The van der Waals surface area contributed by atoms with Crippen LogP contribution < -0.4 is 0 Å². The van der Waals surface area contributed by atoms with Crippen LogP contribution in [-0.4, -0.2) is 0 Å². The quantitative estimate of drug-likeness (QED) is 0.546. The van der Waals surface area contributed by atoms with Crippen molar-refractivity contribution in [2.24, 2.45) is 0 Å². The highest BCUT2D eigenvalue weighted by Crippen LogP contribution is 2.10. The minimum Gasteiger partial charge on any atom is -0.0946 e. The van der Waals surface area contributed by atoms with E-state index < -0.39 is 0 Å². The molecule has 11 heavy (non-hydrogen) atoms. The van der Waals surface area contributed by atoms with Crippen LogP contribution in [0.3, 0.4) is 0 Å². The maximum Gasteiger partial charge on any atom is 0.0429 e. The van der Waals surface area contributed by atoms with Crippen molar-refractivity contribution < 1.29 is 0 Å². The topological polar surface area (TPSA) is 0 Å². The van der Waals surface area contributed by atoms with Crippen LogP contribution in [0.2, 0.25) is 0 Å². The molecule has 0 aromatic heterocycles. The summed E-state index contributed by atoms with van der Waals surface area (Å²) in [4.78, 5) is 0. The number of hydrogen-bond donors (Lipinski definition) is 0. The molecule has 0 aliphatic heterocycles. The van der Waals surface area contributed by atoms with E-state index in [-0.39, 0.29) is 0 Å². The van der Waals surface area contributed by atoms with Crippen LogP contribution in [0.1, 0.15) is 27.7 Å². The highest BCUT2D eigenvalue weighted by Gasteiger charge is 1.86. The second-order valence-electron chi connectivity index (χ2n) is 1.82. The Morgan fingerprint density at radius 2 is 1.82 bits per heavy atom. The van der Waals surface area contributed by atoms with Gasteiger partial charge < -0.3 is 0 Å². The summed E-state index contributed by atoms with van der Waals surface area (Å²) in [6.07, 6.45) is 5.63. The predicted octanol–water partition coefficient (Wildman–Crippen LogP) is 4.29. The first-order valence-corrected chi connectivity index (χ1v) is 4.20. The summed E-state index contributed by atoms with van der Waals surface area (Å²) in [5.41, 5.74) is 0.898. The average Bonchev–Trinajstić information content (AvgIpc) is 2.03. The summed E-state index contributed by atoms with van der Waals surface area (Å²) in [6, 6.07) is 0. The van der Waals surface area contributed by atoms with E-state index in [0.717, 1.165) is 5.57 Å². The number of halogens is 1. The average molecular weight is 173 g/mol. The summed E-state index contributed by atoms with van der Waals surface area (Å²) < 4.78 is 0. The first kappa shape index (κ1) is 13.1. The van der Waals surface area contributed by atoms with Crippen molar-refractivity contribution in [2.45, 2.75) is 27.7 Å². The highest BCUT2D eigenvalue weighted by molar-refractivity contribution is 6.31. The molecule has 0 rings (SSSR count). The van der Waals surface area contributed by atoms with Gasteiger partial charge >= 0.3 is 0 Å². The zero-order valence-electron chi connectivity index (χ0n) is 7.82. The van der Waals surface area contributed by atoms with Gasteiger partial charge in [0.1, 0.15) is 0 Å². The summed E-state index contributed by atoms with van der Waals surface area (Å²) in [5, 5.41) is 0.716. The van der Waals surface area contributed by atoms with Gasteiger partial charge in [-0.2, -0.15) is 0 Å². The van der Waals surface area contributed by atoms with Crippen molar-refractivity contribution >= 4 is 11.6 Å². The van der Waals surface area contributed by atoms with Crippen LogP contribution in [0, 0.1) is 0 Å². The van der Waals surface area contributed by atoms with Gasteiger partial charge in [0.15, 0.2) is 0 Å². The van der Waals surface area contributed by atoms with Gasteiger partial charge in [0.05, 0.1) is 0 Å². The zero-order chi connectivity index (χ0) is 9.28. The SMILES string of the molecule is C=C(C)/C(Cl)=C\C=C/C.CC. The van der Waals surface area contributed by atoms with Crippen molar-refractivity contribution in [1.29, 1.82) is 0 Å². The molecule has 0 atom stereocenters. The normalized spacial score (nSPS) is 10.8. The minimum absolute atomic E-state index is 0.716. The summed E-state index contributed by atoms with van der Waals surface area (Å²) in [6.45, 7) is 11.5. The second-order valence-corrected chi connectivity index (χ2v) is 2.23. The van der Waals surface area contributed by atoms with Crippen LogP contribution >= 0.6 is 11.6 Å². The number of allylic oxidation sites excluding steroid dienone is 5. The van der Waals surface area contributed by atoms with Crippen molar-refractivity contribution in [2.75, 3.05) is 0 Å². The van der Waals surface area contributed by atoms with Gasteiger partial charge in [0.25, 0.3) is 0 Å². The molecule has 0 N–H and O–H groups in total. The van der Waals surface area contributed by atoms with Gasteiger partial charge in [-0.25, -0.2) is 0 Å². The smallest absolute Gasteiger partial charge is 0.0429 e. The van der Waals surface area contributed by atoms with Gasteiger partial charge in [-0.1, -0.05) is 44.2 Å². The molecular formula is C10H17Cl. The molecule has 0 aliphatic rings. The van der Waals surface area contributed by atoms with Gasteiger partial charge in [-0.3, -0.25) is 0 Å². The molecule has 0 radical (unpaired) electrons. The Labute approximate surface area is 75.3 Å². The molecule has 0 spiro atoms. The van der Waals surface area contributed by atoms with E-state index in [4.69, 9.17) is 11.6 Å².